The number of hydrogen-bond donors (Lipinski definition) is 0. The van der Waals surface area contributed by atoms with Crippen LogP contribution in [0.1, 0.15) is 0 Å². The van der Waals surface area contributed by atoms with Crippen LogP contribution in [0.15, 0.2) is 227 Å². The highest BCUT2D eigenvalue weighted by molar-refractivity contribution is 6.05. The van der Waals surface area contributed by atoms with Gasteiger partial charge in [-0.2, -0.15) is 0 Å². The Morgan fingerprint density at radius 1 is 0.281 bits per heavy atom. The smallest absolute Gasteiger partial charge is 0.227 e. The predicted octanol–water partition coefficient (Wildman–Crippen LogP) is 15.2. The number of aromatic nitrogens is 4. The average molecular weight is 821 g/mol. The lowest BCUT2D eigenvalue weighted by molar-refractivity contribution is 0.619. The highest BCUT2D eigenvalue weighted by Gasteiger charge is 2.19. The zero-order valence-electron chi connectivity index (χ0n) is 34.4. The van der Waals surface area contributed by atoms with Crippen LogP contribution in [0.2, 0.25) is 0 Å². The summed E-state index contributed by atoms with van der Waals surface area (Å²) in [6.45, 7) is 0. The third-order valence-electron chi connectivity index (χ3n) is 11.8. The molecule has 0 N–H and O–H groups in total. The molecule has 0 saturated heterocycles. The molecule has 300 valence electrons. The highest BCUT2D eigenvalue weighted by Crippen LogP contribution is 2.40. The Hall–Kier alpha value is -8.74. The molecule has 6 nitrogen and oxygen atoms in total. The number of oxazole rings is 2. The maximum absolute atomic E-state index is 6.16. The van der Waals surface area contributed by atoms with Gasteiger partial charge in [-0.1, -0.05) is 158 Å². The van der Waals surface area contributed by atoms with Crippen LogP contribution in [0.25, 0.3) is 123 Å². The van der Waals surface area contributed by atoms with E-state index in [1.54, 1.807) is 0 Å². The molecular weight excluding hydrogens is 785 g/mol. The first-order chi connectivity index (χ1) is 31.7. The molecule has 3 heterocycles. The topological polar surface area (TPSA) is 77.8 Å². The number of para-hydroxylation sites is 4. The van der Waals surface area contributed by atoms with Crippen molar-refractivity contribution in [1.29, 1.82) is 0 Å². The van der Waals surface area contributed by atoms with Crippen molar-refractivity contribution in [2.45, 2.75) is 0 Å². The van der Waals surface area contributed by atoms with Crippen molar-refractivity contribution in [3.05, 3.63) is 218 Å². The highest BCUT2D eigenvalue weighted by atomic mass is 16.4. The SMILES string of the molecule is c1ccc(-c2ccc(-c3cc(-c4ccc(-c5ccccc5)cc4)c4nc(-c5ccc(-c6nc7ccccc7o6)cc5)nc(-c5ccc(-c6nc7ccccc7o6)cc5)c4c3)cc2)cc1. The lowest BCUT2D eigenvalue weighted by Gasteiger charge is -2.16. The summed E-state index contributed by atoms with van der Waals surface area (Å²) in [5.74, 6) is 1.75. The van der Waals surface area contributed by atoms with Crippen molar-refractivity contribution in [2.24, 2.45) is 0 Å². The van der Waals surface area contributed by atoms with Gasteiger partial charge in [0, 0.05) is 33.2 Å². The van der Waals surface area contributed by atoms with Crippen molar-refractivity contribution < 1.29 is 8.83 Å². The van der Waals surface area contributed by atoms with Gasteiger partial charge in [-0.25, -0.2) is 19.9 Å². The molecule has 0 unspecified atom stereocenters. The summed E-state index contributed by atoms with van der Waals surface area (Å²) in [4.78, 5) is 20.3. The Morgan fingerprint density at radius 2 is 0.688 bits per heavy atom. The van der Waals surface area contributed by atoms with Gasteiger partial charge in [0.25, 0.3) is 0 Å². The Bertz CT molecular complexity index is 3550. The van der Waals surface area contributed by atoms with Crippen LogP contribution in [0.5, 0.6) is 0 Å². The first-order valence-corrected chi connectivity index (χ1v) is 21.3. The normalized spacial score (nSPS) is 11.4. The van der Waals surface area contributed by atoms with E-state index in [9.17, 15) is 0 Å². The second-order valence-electron chi connectivity index (χ2n) is 15.8. The van der Waals surface area contributed by atoms with Crippen LogP contribution in [-0.2, 0) is 0 Å². The third-order valence-corrected chi connectivity index (χ3v) is 11.8. The molecule has 0 aliphatic heterocycles. The van der Waals surface area contributed by atoms with E-state index in [1.807, 2.05) is 84.9 Å². The second kappa shape index (κ2) is 15.6. The number of hydrogen-bond acceptors (Lipinski definition) is 6. The van der Waals surface area contributed by atoms with Crippen molar-refractivity contribution in [2.75, 3.05) is 0 Å². The van der Waals surface area contributed by atoms with Crippen LogP contribution < -0.4 is 0 Å². The summed E-state index contributed by atoms with van der Waals surface area (Å²) < 4.78 is 12.3. The number of nitrogens with zero attached hydrogens (tertiary/aromatic N) is 4. The molecule has 64 heavy (non-hydrogen) atoms. The Balaban J connectivity index is 1.04. The predicted molar refractivity (Wildman–Crippen MR) is 258 cm³/mol. The quantitative estimate of drug-likeness (QED) is 0.152. The van der Waals surface area contributed by atoms with Crippen LogP contribution in [-0.4, -0.2) is 19.9 Å². The molecule has 9 aromatic carbocycles. The monoisotopic (exact) mass is 820 g/mol. The summed E-state index contributed by atoms with van der Waals surface area (Å²) in [5, 5.41) is 0.938. The number of rotatable bonds is 8. The fraction of sp³-hybridized carbons (Fsp3) is 0. The summed E-state index contributed by atoms with van der Waals surface area (Å²) >= 11 is 0. The summed E-state index contributed by atoms with van der Waals surface area (Å²) in [7, 11) is 0. The molecular formula is C58H36N4O2. The van der Waals surface area contributed by atoms with Gasteiger partial charge in [0.05, 0.1) is 11.2 Å². The van der Waals surface area contributed by atoms with Crippen LogP contribution in [0.4, 0.5) is 0 Å². The first kappa shape index (κ1) is 37.1. The Morgan fingerprint density at radius 3 is 1.20 bits per heavy atom. The summed E-state index contributed by atoms with van der Waals surface area (Å²) in [6.07, 6.45) is 0. The lowest BCUT2D eigenvalue weighted by Crippen LogP contribution is -1.98. The largest absolute Gasteiger partial charge is 0.436 e. The van der Waals surface area contributed by atoms with Crippen LogP contribution in [0.3, 0.4) is 0 Å². The van der Waals surface area contributed by atoms with Gasteiger partial charge in [0.15, 0.2) is 17.0 Å². The fourth-order valence-corrected chi connectivity index (χ4v) is 8.45. The molecule has 0 bridgehead atoms. The van der Waals surface area contributed by atoms with Crippen LogP contribution in [0, 0.1) is 0 Å². The molecule has 12 rings (SSSR count). The first-order valence-electron chi connectivity index (χ1n) is 21.3. The van der Waals surface area contributed by atoms with Gasteiger partial charge in [-0.15, -0.1) is 0 Å². The molecule has 0 aliphatic rings. The number of fused-ring (bicyclic) bond motifs is 3. The maximum atomic E-state index is 6.16. The Labute approximate surface area is 368 Å². The minimum atomic E-state index is 0.567. The van der Waals surface area contributed by atoms with Gasteiger partial charge in [-0.05, 0) is 99.6 Å². The van der Waals surface area contributed by atoms with E-state index >= 15 is 0 Å². The van der Waals surface area contributed by atoms with Crippen molar-refractivity contribution >= 4 is 33.1 Å². The molecule has 0 radical (unpaired) electrons. The van der Waals surface area contributed by atoms with Gasteiger partial charge < -0.3 is 8.83 Å². The van der Waals surface area contributed by atoms with Crippen molar-refractivity contribution in [3.63, 3.8) is 0 Å². The van der Waals surface area contributed by atoms with E-state index in [0.717, 1.165) is 94.4 Å². The third kappa shape index (κ3) is 6.89. The molecule has 6 heteroatoms. The maximum Gasteiger partial charge on any atom is 0.227 e. The van der Waals surface area contributed by atoms with E-state index in [-0.39, 0.29) is 0 Å². The minimum Gasteiger partial charge on any atom is -0.436 e. The zero-order valence-corrected chi connectivity index (χ0v) is 34.4. The molecule has 12 aromatic rings. The molecule has 0 aliphatic carbocycles. The lowest BCUT2D eigenvalue weighted by atomic mass is 9.92. The second-order valence-corrected chi connectivity index (χ2v) is 15.8. The van der Waals surface area contributed by atoms with Crippen molar-refractivity contribution in [1.82, 2.24) is 19.9 Å². The molecule has 0 saturated carbocycles. The molecule has 0 spiro atoms. The van der Waals surface area contributed by atoms with Gasteiger partial charge in [0.1, 0.15) is 11.0 Å². The van der Waals surface area contributed by atoms with Gasteiger partial charge in [0.2, 0.25) is 11.8 Å². The van der Waals surface area contributed by atoms with Gasteiger partial charge >= 0.3 is 0 Å². The molecule has 0 fully saturated rings. The number of benzene rings is 9. The summed E-state index contributed by atoms with van der Waals surface area (Å²) in [5.41, 5.74) is 17.3. The van der Waals surface area contributed by atoms with E-state index in [4.69, 9.17) is 28.8 Å². The summed E-state index contributed by atoms with van der Waals surface area (Å²) in [6, 6.07) is 75.1. The van der Waals surface area contributed by atoms with E-state index in [0.29, 0.717) is 17.6 Å². The van der Waals surface area contributed by atoms with Crippen molar-refractivity contribution in [3.8, 4) is 90.1 Å². The molecule has 0 atom stereocenters. The van der Waals surface area contributed by atoms with E-state index < -0.39 is 0 Å². The molecule has 3 aromatic heterocycles. The Kier molecular flexibility index (Phi) is 9.05. The standard InChI is InChI=1S/C58H36N4O2/c1-3-11-37(12-4-1)39-19-21-41(22-20-39)47-35-48(42-25-23-40(24-26-42)38-13-5-2-6-14-38)55-49(36-47)54(43-27-31-45(32-28-43)57-59-50-15-7-9-17-52(50)63-57)61-56(62-55)44-29-33-46(34-30-44)58-60-51-16-8-10-18-53(51)64-58/h1-36H. The fourth-order valence-electron chi connectivity index (χ4n) is 8.45. The van der Waals surface area contributed by atoms with E-state index in [2.05, 4.69) is 133 Å². The van der Waals surface area contributed by atoms with E-state index in [1.165, 1.54) is 11.1 Å². The zero-order chi connectivity index (χ0) is 42.4. The van der Waals surface area contributed by atoms with Gasteiger partial charge in [-0.3, -0.25) is 0 Å². The minimum absolute atomic E-state index is 0.567. The van der Waals surface area contributed by atoms with Crippen LogP contribution >= 0.6 is 0 Å². The molecule has 0 amide bonds. The average Bonchev–Trinajstić information content (AvgIpc) is 4.02.